The van der Waals surface area contributed by atoms with Crippen molar-refractivity contribution >= 4 is 27.1 Å². The van der Waals surface area contributed by atoms with Crippen molar-refractivity contribution in [3.8, 4) is 0 Å². The van der Waals surface area contributed by atoms with E-state index in [9.17, 15) is 23.3 Å². The first-order chi connectivity index (χ1) is 14.0. The molecule has 0 saturated carbocycles. The molecule has 0 spiro atoms. The average molecular weight is 439 g/mol. The van der Waals surface area contributed by atoms with E-state index in [1.807, 2.05) is 9.80 Å². The van der Waals surface area contributed by atoms with Gasteiger partial charge in [-0.1, -0.05) is 13.8 Å². The molecule has 2 saturated heterocycles. The van der Waals surface area contributed by atoms with Crippen molar-refractivity contribution in [1.29, 1.82) is 0 Å². The smallest absolute Gasteiger partial charge is 0.293 e. The highest BCUT2D eigenvalue weighted by atomic mass is 32.2. The van der Waals surface area contributed by atoms with Crippen molar-refractivity contribution in [3.63, 3.8) is 0 Å². The number of piperidine rings is 1. The summed E-state index contributed by atoms with van der Waals surface area (Å²) in [4.78, 5) is 29.5. The summed E-state index contributed by atoms with van der Waals surface area (Å²) in [6.45, 7) is 8.66. The van der Waals surface area contributed by atoms with Gasteiger partial charge in [-0.3, -0.25) is 19.8 Å². The normalized spacial score (nSPS) is 23.4. The van der Waals surface area contributed by atoms with E-state index < -0.39 is 14.8 Å². The highest BCUT2D eigenvalue weighted by molar-refractivity contribution is 7.90. The van der Waals surface area contributed by atoms with Gasteiger partial charge in [-0.15, -0.1) is 0 Å². The zero-order valence-corrected chi connectivity index (χ0v) is 18.6. The molecule has 2 heterocycles. The molecule has 1 aromatic carbocycles. The lowest BCUT2D eigenvalue weighted by Crippen LogP contribution is -2.52. The predicted molar refractivity (Wildman–Crippen MR) is 114 cm³/mol. The molecule has 1 amide bonds. The van der Waals surface area contributed by atoms with Gasteiger partial charge in [-0.25, -0.2) is 8.42 Å². The summed E-state index contributed by atoms with van der Waals surface area (Å²) in [6.07, 6.45) is 2.19. The number of nitro groups is 1. The van der Waals surface area contributed by atoms with Crippen molar-refractivity contribution in [2.24, 2.45) is 11.8 Å². The Kier molecular flexibility index (Phi) is 6.66. The second-order valence-corrected chi connectivity index (χ2v) is 10.7. The van der Waals surface area contributed by atoms with Crippen LogP contribution in [-0.2, 0) is 14.6 Å². The molecular formula is C20H30N4O5S. The Bertz CT molecular complexity index is 902. The first-order valence-electron chi connectivity index (χ1n) is 10.3. The lowest BCUT2D eigenvalue weighted by molar-refractivity contribution is -0.384. The zero-order valence-electron chi connectivity index (χ0n) is 17.8. The molecule has 10 heteroatoms. The second kappa shape index (κ2) is 8.89. The van der Waals surface area contributed by atoms with Crippen LogP contribution in [0.3, 0.4) is 0 Å². The molecule has 2 unspecified atom stereocenters. The highest BCUT2D eigenvalue weighted by Crippen LogP contribution is 2.31. The SMILES string of the molecule is CC1CC(C)CN(C(=O)CN2CCN(c3ccc(S(C)(=O)=O)cc3[N+](=O)[O-])CC2)C1. The van der Waals surface area contributed by atoms with Gasteiger partial charge in [0, 0.05) is 51.6 Å². The molecule has 2 fully saturated rings. The number of hydrogen-bond acceptors (Lipinski definition) is 7. The van der Waals surface area contributed by atoms with Gasteiger partial charge in [0.05, 0.1) is 16.4 Å². The lowest BCUT2D eigenvalue weighted by atomic mass is 9.92. The molecule has 30 heavy (non-hydrogen) atoms. The maximum Gasteiger partial charge on any atom is 0.293 e. The minimum Gasteiger partial charge on any atom is -0.363 e. The minimum absolute atomic E-state index is 0.0628. The van der Waals surface area contributed by atoms with Crippen molar-refractivity contribution in [2.75, 3.05) is 57.0 Å². The van der Waals surface area contributed by atoms with E-state index in [0.717, 1.165) is 31.8 Å². The van der Waals surface area contributed by atoms with E-state index in [2.05, 4.69) is 18.7 Å². The maximum atomic E-state index is 12.7. The number of likely N-dealkylation sites (tertiary alicyclic amines) is 1. The molecule has 2 aliphatic heterocycles. The van der Waals surface area contributed by atoms with E-state index in [1.165, 1.54) is 12.1 Å². The topological polar surface area (TPSA) is 104 Å². The van der Waals surface area contributed by atoms with E-state index in [-0.39, 0.29) is 16.5 Å². The molecular weight excluding hydrogens is 408 g/mol. The van der Waals surface area contributed by atoms with Gasteiger partial charge < -0.3 is 9.80 Å². The van der Waals surface area contributed by atoms with Crippen LogP contribution in [0.4, 0.5) is 11.4 Å². The Balaban J connectivity index is 1.63. The summed E-state index contributed by atoms with van der Waals surface area (Å²) in [6, 6.07) is 4.04. The molecule has 3 rings (SSSR count). The third-order valence-corrected chi connectivity index (χ3v) is 6.98. The molecule has 1 aromatic rings. The Morgan fingerprint density at radius 2 is 1.73 bits per heavy atom. The van der Waals surface area contributed by atoms with Crippen LogP contribution in [0.15, 0.2) is 23.1 Å². The summed E-state index contributed by atoms with van der Waals surface area (Å²) in [5, 5.41) is 11.5. The van der Waals surface area contributed by atoms with Crippen molar-refractivity contribution < 1.29 is 18.1 Å². The minimum atomic E-state index is -3.52. The summed E-state index contributed by atoms with van der Waals surface area (Å²) < 4.78 is 23.5. The number of rotatable bonds is 5. The van der Waals surface area contributed by atoms with Crippen molar-refractivity contribution in [2.45, 2.75) is 25.2 Å². The predicted octanol–water partition coefficient (Wildman–Crippen LogP) is 1.62. The van der Waals surface area contributed by atoms with Crippen LogP contribution >= 0.6 is 0 Å². The van der Waals surface area contributed by atoms with E-state index >= 15 is 0 Å². The van der Waals surface area contributed by atoms with Crippen molar-refractivity contribution in [3.05, 3.63) is 28.3 Å². The molecule has 166 valence electrons. The van der Waals surface area contributed by atoms with Gasteiger partial charge >= 0.3 is 0 Å². The molecule has 0 aliphatic carbocycles. The highest BCUT2D eigenvalue weighted by Gasteiger charge is 2.29. The lowest BCUT2D eigenvalue weighted by Gasteiger charge is -2.38. The van der Waals surface area contributed by atoms with Gasteiger partial charge in [-0.05, 0) is 30.4 Å². The van der Waals surface area contributed by atoms with E-state index in [1.54, 1.807) is 0 Å². The standard InChI is InChI=1S/C20H30N4O5S/c1-15-10-16(2)13-23(12-15)20(25)14-21-6-8-22(9-7-21)18-5-4-17(30(3,28)29)11-19(18)24(26)27/h4-5,11,15-16H,6-10,12-14H2,1-3H3. The maximum absolute atomic E-state index is 12.7. The second-order valence-electron chi connectivity index (χ2n) is 8.69. The first kappa shape index (κ1) is 22.5. The Morgan fingerprint density at radius 1 is 1.13 bits per heavy atom. The molecule has 2 aliphatic rings. The van der Waals surface area contributed by atoms with E-state index in [0.29, 0.717) is 50.2 Å². The number of piperazine rings is 1. The van der Waals surface area contributed by atoms with Gasteiger partial charge in [0.25, 0.3) is 5.69 Å². The summed E-state index contributed by atoms with van der Waals surface area (Å²) in [7, 11) is -3.52. The third-order valence-electron chi connectivity index (χ3n) is 5.87. The van der Waals surface area contributed by atoms with Gasteiger partial charge in [0.2, 0.25) is 5.91 Å². The van der Waals surface area contributed by atoms with Crippen molar-refractivity contribution in [1.82, 2.24) is 9.80 Å². The molecule has 2 atom stereocenters. The van der Waals surface area contributed by atoms with Gasteiger partial charge in [0.15, 0.2) is 9.84 Å². The zero-order chi connectivity index (χ0) is 22.1. The Labute approximate surface area is 177 Å². The summed E-state index contributed by atoms with van der Waals surface area (Å²) >= 11 is 0. The number of nitro benzene ring substituents is 1. The number of sulfone groups is 1. The van der Waals surface area contributed by atoms with Gasteiger partial charge in [0.1, 0.15) is 5.69 Å². The molecule has 0 aromatic heterocycles. The molecule has 0 radical (unpaired) electrons. The Morgan fingerprint density at radius 3 is 2.27 bits per heavy atom. The number of benzene rings is 1. The molecule has 0 bridgehead atoms. The van der Waals surface area contributed by atoms with Crippen LogP contribution < -0.4 is 4.90 Å². The average Bonchev–Trinajstić information content (AvgIpc) is 2.66. The number of amides is 1. The number of carbonyl (C=O) groups is 1. The van der Waals surface area contributed by atoms with Crippen LogP contribution in [0.1, 0.15) is 20.3 Å². The number of carbonyl (C=O) groups excluding carboxylic acids is 1. The fraction of sp³-hybridized carbons (Fsp3) is 0.650. The van der Waals surface area contributed by atoms with Crippen LogP contribution in [0, 0.1) is 22.0 Å². The monoisotopic (exact) mass is 438 g/mol. The third kappa shape index (κ3) is 5.28. The fourth-order valence-electron chi connectivity index (χ4n) is 4.45. The van der Waals surface area contributed by atoms with Gasteiger partial charge in [-0.2, -0.15) is 0 Å². The number of hydrogen-bond donors (Lipinski definition) is 0. The molecule has 0 N–H and O–H groups in total. The Hall–Kier alpha value is -2.20. The fourth-order valence-corrected chi connectivity index (χ4v) is 5.09. The van der Waals surface area contributed by atoms with E-state index in [4.69, 9.17) is 0 Å². The van der Waals surface area contributed by atoms with Crippen LogP contribution in [-0.4, -0.2) is 81.1 Å². The summed E-state index contributed by atoms with van der Waals surface area (Å²) in [5.41, 5.74) is 0.204. The quantitative estimate of drug-likeness (QED) is 0.508. The molecule has 9 nitrogen and oxygen atoms in total. The first-order valence-corrected chi connectivity index (χ1v) is 12.2. The largest absolute Gasteiger partial charge is 0.363 e. The van der Waals surface area contributed by atoms with Crippen LogP contribution in [0.25, 0.3) is 0 Å². The van der Waals surface area contributed by atoms with Crippen LogP contribution in [0.2, 0.25) is 0 Å². The number of anilines is 1. The summed E-state index contributed by atoms with van der Waals surface area (Å²) in [5.74, 6) is 1.18. The number of nitrogens with zero attached hydrogens (tertiary/aromatic N) is 4. The van der Waals surface area contributed by atoms with Crippen LogP contribution in [0.5, 0.6) is 0 Å².